The summed E-state index contributed by atoms with van der Waals surface area (Å²) in [4.78, 5) is 16.7. The van der Waals surface area contributed by atoms with Crippen LogP contribution >= 0.6 is 0 Å². The second-order valence-electron chi connectivity index (χ2n) is 6.69. The third-order valence-electron chi connectivity index (χ3n) is 4.96. The molecule has 0 aliphatic carbocycles. The second kappa shape index (κ2) is 7.87. The van der Waals surface area contributed by atoms with Gasteiger partial charge in [0.15, 0.2) is 0 Å². The van der Waals surface area contributed by atoms with E-state index in [9.17, 15) is 9.18 Å². The summed E-state index contributed by atoms with van der Waals surface area (Å²) in [6.07, 6.45) is 2.58. The summed E-state index contributed by atoms with van der Waals surface area (Å²) in [5.41, 5.74) is 1.61. The first-order valence-electron chi connectivity index (χ1n) is 8.94. The summed E-state index contributed by atoms with van der Waals surface area (Å²) >= 11 is 0. The van der Waals surface area contributed by atoms with Crippen molar-refractivity contribution in [2.45, 2.75) is 32.9 Å². The first-order chi connectivity index (χ1) is 12.1. The molecule has 1 atom stereocenters. The first kappa shape index (κ1) is 17.7. The van der Waals surface area contributed by atoms with Crippen LogP contribution in [-0.2, 0) is 4.79 Å². The fourth-order valence-electron chi connectivity index (χ4n) is 3.43. The number of fused-ring (bicyclic) bond motifs is 1. The van der Waals surface area contributed by atoms with E-state index in [1.165, 1.54) is 6.92 Å². The lowest BCUT2D eigenvalue weighted by molar-refractivity contribution is -0.114. The molecule has 3 rings (SSSR count). The molecule has 1 aliphatic rings. The molecular formula is C19H26FN3O2. The van der Waals surface area contributed by atoms with E-state index in [2.05, 4.69) is 22.1 Å². The van der Waals surface area contributed by atoms with Gasteiger partial charge in [0.1, 0.15) is 18.5 Å². The zero-order valence-corrected chi connectivity index (χ0v) is 14.8. The summed E-state index contributed by atoms with van der Waals surface area (Å²) in [6, 6.07) is 5.54. The fraction of sp³-hybridized carbons (Fsp3) is 0.526. The van der Waals surface area contributed by atoms with Crippen LogP contribution in [0.25, 0.3) is 10.9 Å². The third kappa shape index (κ3) is 4.31. The van der Waals surface area contributed by atoms with Gasteiger partial charge in [-0.15, -0.1) is 0 Å². The van der Waals surface area contributed by atoms with Crippen LogP contribution in [0.2, 0.25) is 0 Å². The largest absolute Gasteiger partial charge is 0.491 e. The molecule has 1 fully saturated rings. The van der Waals surface area contributed by atoms with Gasteiger partial charge >= 0.3 is 0 Å². The third-order valence-corrected chi connectivity index (χ3v) is 4.96. The highest BCUT2D eigenvalue weighted by Crippen LogP contribution is 2.28. The predicted molar refractivity (Wildman–Crippen MR) is 97.8 cm³/mol. The highest BCUT2D eigenvalue weighted by atomic mass is 19.1. The van der Waals surface area contributed by atoms with Crippen LogP contribution < -0.4 is 10.1 Å². The van der Waals surface area contributed by atoms with Gasteiger partial charge < -0.3 is 19.9 Å². The van der Waals surface area contributed by atoms with Crippen molar-refractivity contribution in [2.75, 3.05) is 31.6 Å². The van der Waals surface area contributed by atoms with Crippen molar-refractivity contribution < 1.29 is 13.9 Å². The summed E-state index contributed by atoms with van der Waals surface area (Å²) in [7, 11) is 0. The van der Waals surface area contributed by atoms with Crippen LogP contribution in [0, 0.1) is 5.92 Å². The summed E-state index contributed by atoms with van der Waals surface area (Å²) in [5, 5.41) is 3.64. The molecule has 25 heavy (non-hydrogen) atoms. The maximum atomic E-state index is 14.5. The van der Waals surface area contributed by atoms with Gasteiger partial charge in [-0.1, -0.05) is 6.92 Å². The Labute approximate surface area is 147 Å². The van der Waals surface area contributed by atoms with E-state index in [0.29, 0.717) is 11.4 Å². The topological polar surface area (TPSA) is 57.4 Å². The van der Waals surface area contributed by atoms with Gasteiger partial charge in [-0.05, 0) is 56.6 Å². The second-order valence-corrected chi connectivity index (χ2v) is 6.69. The van der Waals surface area contributed by atoms with E-state index < -0.39 is 6.17 Å². The molecule has 1 aromatic heterocycles. The molecule has 0 saturated carbocycles. The van der Waals surface area contributed by atoms with Crippen LogP contribution in [0.4, 0.5) is 10.1 Å². The molecular weight excluding hydrogens is 321 g/mol. The Hall–Kier alpha value is -2.08. The Morgan fingerprint density at radius 1 is 1.44 bits per heavy atom. The number of hydrogen-bond donors (Lipinski definition) is 2. The van der Waals surface area contributed by atoms with E-state index in [1.807, 2.05) is 18.2 Å². The van der Waals surface area contributed by atoms with Crippen molar-refractivity contribution in [1.82, 2.24) is 9.88 Å². The van der Waals surface area contributed by atoms with Crippen molar-refractivity contribution in [1.29, 1.82) is 0 Å². The predicted octanol–water partition coefficient (Wildman–Crippen LogP) is 3.58. The number of carbonyl (C=O) groups is 1. The average Bonchev–Trinajstić information content (AvgIpc) is 3.01. The minimum atomic E-state index is -0.948. The smallest absolute Gasteiger partial charge is 0.221 e. The number of nitrogens with one attached hydrogen (secondary N) is 2. The quantitative estimate of drug-likeness (QED) is 0.840. The SMILES string of the molecule is CCN1CCC(C(F)COc2ccc3[nH]cc(NC(C)=O)c3c2)CC1. The zero-order valence-electron chi connectivity index (χ0n) is 14.8. The molecule has 2 heterocycles. The van der Waals surface area contributed by atoms with Gasteiger partial charge in [0.05, 0.1) is 5.69 Å². The zero-order chi connectivity index (χ0) is 17.8. The van der Waals surface area contributed by atoms with Gasteiger partial charge in [0.25, 0.3) is 0 Å². The van der Waals surface area contributed by atoms with Gasteiger partial charge in [0.2, 0.25) is 5.91 Å². The number of carbonyl (C=O) groups excluding carboxylic acids is 1. The van der Waals surface area contributed by atoms with E-state index >= 15 is 0 Å². The van der Waals surface area contributed by atoms with Crippen LogP contribution in [-0.4, -0.2) is 48.2 Å². The number of aromatic amines is 1. The molecule has 1 amide bonds. The fourth-order valence-corrected chi connectivity index (χ4v) is 3.43. The van der Waals surface area contributed by atoms with Crippen molar-refractivity contribution >= 4 is 22.5 Å². The van der Waals surface area contributed by atoms with Crippen molar-refractivity contribution in [3.8, 4) is 5.75 Å². The molecule has 2 aromatic rings. The number of H-pyrrole nitrogens is 1. The first-order valence-corrected chi connectivity index (χ1v) is 8.94. The van der Waals surface area contributed by atoms with E-state index in [4.69, 9.17) is 4.74 Å². The number of nitrogens with zero attached hydrogens (tertiary/aromatic N) is 1. The lowest BCUT2D eigenvalue weighted by Crippen LogP contribution is -2.38. The van der Waals surface area contributed by atoms with E-state index in [1.54, 1.807) is 6.20 Å². The van der Waals surface area contributed by atoms with Gasteiger partial charge in [0, 0.05) is 24.0 Å². The van der Waals surface area contributed by atoms with Crippen molar-refractivity contribution in [3.05, 3.63) is 24.4 Å². The molecule has 0 radical (unpaired) electrons. The molecule has 1 aromatic carbocycles. The Bertz CT molecular complexity index is 723. The average molecular weight is 347 g/mol. The van der Waals surface area contributed by atoms with Crippen LogP contribution in [0.3, 0.4) is 0 Å². The number of amides is 1. The number of halogens is 1. The Morgan fingerprint density at radius 3 is 2.88 bits per heavy atom. The monoisotopic (exact) mass is 347 g/mol. The molecule has 6 heteroatoms. The number of rotatable bonds is 6. The maximum Gasteiger partial charge on any atom is 0.221 e. The molecule has 1 aliphatic heterocycles. The van der Waals surface area contributed by atoms with Gasteiger partial charge in [-0.25, -0.2) is 4.39 Å². The van der Waals surface area contributed by atoms with Crippen molar-refractivity contribution in [3.63, 3.8) is 0 Å². The molecule has 2 N–H and O–H groups in total. The van der Waals surface area contributed by atoms with Crippen LogP contribution in [0.15, 0.2) is 24.4 Å². The lowest BCUT2D eigenvalue weighted by Gasteiger charge is -2.32. The number of anilines is 1. The molecule has 136 valence electrons. The van der Waals surface area contributed by atoms with E-state index in [-0.39, 0.29) is 18.4 Å². The number of hydrogen-bond acceptors (Lipinski definition) is 3. The number of aromatic nitrogens is 1. The molecule has 0 spiro atoms. The summed E-state index contributed by atoms with van der Waals surface area (Å²) in [5.74, 6) is 0.565. The molecule has 1 saturated heterocycles. The standard InChI is InChI=1S/C19H26FN3O2/c1-3-23-8-6-14(7-9-23)17(20)12-25-15-4-5-18-16(10-15)19(11-21-18)22-13(2)24/h4-5,10-11,14,17,21H,3,6-9,12H2,1-2H3,(H,22,24). The normalized spacial score (nSPS) is 17.6. The molecule has 1 unspecified atom stereocenters. The lowest BCUT2D eigenvalue weighted by atomic mass is 9.92. The highest BCUT2D eigenvalue weighted by Gasteiger charge is 2.26. The maximum absolute atomic E-state index is 14.5. The summed E-state index contributed by atoms with van der Waals surface area (Å²) < 4.78 is 20.2. The Balaban J connectivity index is 1.60. The minimum Gasteiger partial charge on any atom is -0.491 e. The summed E-state index contributed by atoms with van der Waals surface area (Å²) in [6.45, 7) is 6.66. The number of alkyl halides is 1. The number of piperidine rings is 1. The Morgan fingerprint density at radius 2 is 2.20 bits per heavy atom. The number of ether oxygens (including phenoxy) is 1. The Kier molecular flexibility index (Phi) is 5.58. The minimum absolute atomic E-state index is 0.0716. The highest BCUT2D eigenvalue weighted by molar-refractivity contribution is 6.01. The van der Waals surface area contributed by atoms with E-state index in [0.717, 1.165) is 43.4 Å². The van der Waals surface area contributed by atoms with Crippen LogP contribution in [0.5, 0.6) is 5.75 Å². The van der Waals surface area contributed by atoms with Gasteiger partial charge in [-0.3, -0.25) is 4.79 Å². The van der Waals surface area contributed by atoms with Gasteiger partial charge in [-0.2, -0.15) is 0 Å². The molecule has 5 nitrogen and oxygen atoms in total. The molecule has 0 bridgehead atoms. The number of benzene rings is 1. The van der Waals surface area contributed by atoms with Crippen LogP contribution in [0.1, 0.15) is 26.7 Å². The van der Waals surface area contributed by atoms with Crippen molar-refractivity contribution in [2.24, 2.45) is 5.92 Å². The number of likely N-dealkylation sites (tertiary alicyclic amines) is 1.